The van der Waals surface area contributed by atoms with Gasteiger partial charge in [0.25, 0.3) is 0 Å². The van der Waals surface area contributed by atoms with Crippen molar-refractivity contribution in [2.45, 2.75) is 93.4 Å². The first kappa shape index (κ1) is 39.3. The van der Waals surface area contributed by atoms with Crippen LogP contribution in [0, 0.1) is 0 Å². The van der Waals surface area contributed by atoms with Crippen LogP contribution < -0.4 is 10.2 Å². The Morgan fingerprint density at radius 3 is 1.03 bits per heavy atom. The van der Waals surface area contributed by atoms with Crippen LogP contribution in [0.4, 0.5) is 0 Å². The molecule has 0 radical (unpaired) electrons. The molecule has 10 heteroatoms. The van der Waals surface area contributed by atoms with Gasteiger partial charge in [-0.25, -0.2) is 4.57 Å². The van der Waals surface area contributed by atoms with Crippen molar-refractivity contribution in [3.8, 4) is 0 Å². The van der Waals surface area contributed by atoms with Crippen molar-refractivity contribution >= 4 is 42.8 Å². The van der Waals surface area contributed by atoms with Crippen molar-refractivity contribution in [1.82, 2.24) is 0 Å². The molecule has 0 rings (SSSR count). The fraction of sp³-hybridized carbons (Fsp3) is 0.895. The Morgan fingerprint density at radius 2 is 0.862 bits per heavy atom. The first-order valence-electron chi connectivity index (χ1n) is 9.95. The standard InChI is InChI=1S/C9H20.C6H15O4P.2C2H4O2.Mg/c1-3-5-7-9-8-6-4-2;1-4-8-11(7,9-5-2)10-6-3;2*1-2(3)4;/h3-9H2,1-2H3;4-6H2,1-3H3;2*1H3,(H,3,4);/q;;;;+2/p-2. The van der Waals surface area contributed by atoms with E-state index >= 15 is 0 Å². The molecule has 172 valence electrons. The van der Waals surface area contributed by atoms with Crippen LogP contribution in [0.5, 0.6) is 0 Å². The van der Waals surface area contributed by atoms with E-state index in [0.29, 0.717) is 19.8 Å². The number of rotatable bonds is 12. The van der Waals surface area contributed by atoms with E-state index in [1.165, 1.54) is 44.9 Å². The maximum absolute atomic E-state index is 11.3. The minimum absolute atomic E-state index is 0. The number of carbonyl (C=O) groups is 2. The third kappa shape index (κ3) is 58.4. The minimum atomic E-state index is -3.22. The van der Waals surface area contributed by atoms with Crippen molar-refractivity contribution in [1.29, 1.82) is 0 Å². The smallest absolute Gasteiger partial charge is 0.550 e. The summed E-state index contributed by atoms with van der Waals surface area (Å²) in [7, 11) is -3.22. The number of unbranched alkanes of at least 4 members (excludes halogenated alkanes) is 6. The van der Waals surface area contributed by atoms with Crippen molar-refractivity contribution in [3.63, 3.8) is 0 Å². The van der Waals surface area contributed by atoms with Crippen molar-refractivity contribution in [2.24, 2.45) is 0 Å². The predicted octanol–water partition coefficient (Wildman–Crippen LogP) is 3.09. The fourth-order valence-electron chi connectivity index (χ4n) is 1.62. The Morgan fingerprint density at radius 1 is 0.655 bits per heavy atom. The second-order valence-electron chi connectivity index (χ2n) is 5.45. The molecule has 0 aromatic heterocycles. The molecule has 29 heavy (non-hydrogen) atoms. The molecule has 0 bridgehead atoms. The van der Waals surface area contributed by atoms with Crippen LogP contribution in [0.1, 0.15) is 93.4 Å². The molecule has 0 aliphatic heterocycles. The predicted molar refractivity (Wildman–Crippen MR) is 113 cm³/mol. The molecule has 0 saturated heterocycles. The monoisotopic (exact) mass is 452 g/mol. The summed E-state index contributed by atoms with van der Waals surface area (Å²) < 4.78 is 25.8. The molecule has 0 atom stereocenters. The van der Waals surface area contributed by atoms with Gasteiger partial charge in [-0.1, -0.05) is 58.8 Å². The van der Waals surface area contributed by atoms with E-state index in [2.05, 4.69) is 13.8 Å². The largest absolute Gasteiger partial charge is 2.00 e. The zero-order chi connectivity index (χ0) is 22.8. The molecular weight excluding hydrogens is 411 g/mol. The average molecular weight is 453 g/mol. The van der Waals surface area contributed by atoms with E-state index in [-0.39, 0.29) is 23.1 Å². The number of phosphoric ester groups is 1. The van der Waals surface area contributed by atoms with Gasteiger partial charge in [-0.05, 0) is 34.6 Å². The normalized spacial score (nSPS) is 9.34. The Labute approximate surface area is 193 Å². The van der Waals surface area contributed by atoms with Gasteiger partial charge >= 0.3 is 30.9 Å². The van der Waals surface area contributed by atoms with Gasteiger partial charge in [0.05, 0.1) is 19.8 Å². The van der Waals surface area contributed by atoms with Crippen LogP contribution in [0.2, 0.25) is 0 Å². The van der Waals surface area contributed by atoms with Gasteiger partial charge in [0.15, 0.2) is 0 Å². The Kier molecular flexibility index (Phi) is 44.0. The average Bonchev–Trinajstić information content (AvgIpc) is 2.55. The number of hydrogen-bond acceptors (Lipinski definition) is 8. The van der Waals surface area contributed by atoms with E-state index in [0.717, 1.165) is 13.8 Å². The van der Waals surface area contributed by atoms with Gasteiger partial charge in [0, 0.05) is 11.9 Å². The molecule has 0 aliphatic carbocycles. The summed E-state index contributed by atoms with van der Waals surface area (Å²) in [4.78, 5) is 17.8. The number of carbonyl (C=O) groups excluding carboxylic acids is 2. The summed E-state index contributed by atoms with van der Waals surface area (Å²) in [6, 6.07) is 0. The third-order valence-corrected chi connectivity index (χ3v) is 4.29. The second-order valence-corrected chi connectivity index (χ2v) is 7.12. The molecule has 0 N–H and O–H groups in total. The van der Waals surface area contributed by atoms with Gasteiger partial charge in [0.2, 0.25) is 0 Å². The van der Waals surface area contributed by atoms with Gasteiger partial charge in [-0.2, -0.15) is 0 Å². The fourth-order valence-corrected chi connectivity index (χ4v) is 2.79. The Balaban J connectivity index is -0.0000000956. The molecule has 0 unspecified atom stereocenters. The molecule has 0 aliphatic rings. The maximum atomic E-state index is 11.3. The molecule has 0 aromatic carbocycles. The minimum Gasteiger partial charge on any atom is -0.550 e. The van der Waals surface area contributed by atoms with Crippen molar-refractivity contribution in [3.05, 3.63) is 0 Å². The van der Waals surface area contributed by atoms with Gasteiger partial charge < -0.3 is 19.8 Å². The second kappa shape index (κ2) is 32.5. The van der Waals surface area contributed by atoms with Crippen molar-refractivity contribution < 1.29 is 37.9 Å². The quantitative estimate of drug-likeness (QED) is 0.251. The zero-order valence-corrected chi connectivity index (χ0v) is 21.8. The van der Waals surface area contributed by atoms with Crippen LogP contribution in [0.25, 0.3) is 0 Å². The van der Waals surface area contributed by atoms with Gasteiger partial charge in [-0.3, -0.25) is 13.6 Å². The van der Waals surface area contributed by atoms with Crippen LogP contribution in [-0.4, -0.2) is 54.8 Å². The molecular formula is C19H41MgO8P. The summed E-state index contributed by atoms with van der Waals surface area (Å²) >= 11 is 0. The SMILES string of the molecule is CC(=O)[O-].CC(=O)[O-].CCCCCCCCC.CCOP(=O)(OCC)OCC.[Mg+2]. The number of carboxylic acid groups (broad SMARTS) is 2. The van der Waals surface area contributed by atoms with Crippen LogP contribution >= 0.6 is 7.82 Å². The van der Waals surface area contributed by atoms with Gasteiger partial charge in [0.1, 0.15) is 0 Å². The summed E-state index contributed by atoms with van der Waals surface area (Å²) in [5.41, 5.74) is 0. The molecule has 0 spiro atoms. The van der Waals surface area contributed by atoms with E-state index in [4.69, 9.17) is 33.4 Å². The molecule has 0 heterocycles. The Hall–Kier alpha value is -0.184. The Bertz CT molecular complexity index is 331. The maximum Gasteiger partial charge on any atom is 2.00 e. The number of hydrogen-bond donors (Lipinski definition) is 0. The van der Waals surface area contributed by atoms with Crippen LogP contribution in [-0.2, 0) is 27.7 Å². The van der Waals surface area contributed by atoms with E-state index in [1.54, 1.807) is 20.8 Å². The summed E-state index contributed by atoms with van der Waals surface area (Å²) in [5, 5.41) is 17.8. The third-order valence-electron chi connectivity index (χ3n) is 2.57. The van der Waals surface area contributed by atoms with E-state index in [9.17, 15) is 4.57 Å². The van der Waals surface area contributed by atoms with Gasteiger partial charge in [-0.15, -0.1) is 0 Å². The molecule has 0 aromatic rings. The zero-order valence-electron chi connectivity index (χ0n) is 19.5. The first-order valence-corrected chi connectivity index (χ1v) is 11.4. The summed E-state index contributed by atoms with van der Waals surface area (Å²) in [6.07, 6.45) is 9.97. The number of carboxylic acids is 2. The van der Waals surface area contributed by atoms with E-state index in [1.807, 2.05) is 0 Å². The number of phosphoric acid groups is 1. The van der Waals surface area contributed by atoms with Crippen LogP contribution in [0.3, 0.4) is 0 Å². The van der Waals surface area contributed by atoms with E-state index < -0.39 is 19.8 Å². The molecule has 0 fully saturated rings. The molecule has 0 amide bonds. The van der Waals surface area contributed by atoms with Crippen molar-refractivity contribution in [2.75, 3.05) is 19.8 Å². The summed E-state index contributed by atoms with van der Waals surface area (Å²) in [6.45, 7) is 12.7. The number of aliphatic carboxylic acids is 2. The first-order chi connectivity index (χ1) is 13.1. The van der Waals surface area contributed by atoms with Crippen LogP contribution in [0.15, 0.2) is 0 Å². The summed E-state index contributed by atoms with van der Waals surface area (Å²) in [5.74, 6) is -2.17. The molecule has 8 nitrogen and oxygen atoms in total. The topological polar surface area (TPSA) is 125 Å². The molecule has 0 saturated carbocycles.